The molecule has 3 nitrogen and oxygen atoms in total. The highest BCUT2D eigenvalue weighted by atomic mass is 15.1. The summed E-state index contributed by atoms with van der Waals surface area (Å²) in [6.07, 6.45) is 5.08. The summed E-state index contributed by atoms with van der Waals surface area (Å²) in [6, 6.07) is 3.83. The van der Waals surface area contributed by atoms with Crippen LogP contribution in [0.3, 0.4) is 0 Å². The predicted molar refractivity (Wildman–Crippen MR) is 37.3 cm³/mol. The van der Waals surface area contributed by atoms with Gasteiger partial charge in [-0.25, -0.2) is 0 Å². The maximum atomic E-state index is 4.08. The second kappa shape index (κ2) is 2.02. The van der Waals surface area contributed by atoms with Gasteiger partial charge in [0.05, 0.1) is 17.9 Å². The molecule has 0 N–H and O–H groups in total. The molecule has 10 heavy (non-hydrogen) atoms. The van der Waals surface area contributed by atoms with Crippen molar-refractivity contribution in [2.75, 3.05) is 0 Å². The van der Waals surface area contributed by atoms with Crippen LogP contribution in [-0.4, -0.2) is 15.2 Å². The quantitative estimate of drug-likeness (QED) is 0.536. The van der Waals surface area contributed by atoms with Gasteiger partial charge in [0.25, 0.3) is 0 Å². The lowest BCUT2D eigenvalue weighted by atomic mass is 10.3. The van der Waals surface area contributed by atoms with Gasteiger partial charge in [0.2, 0.25) is 0 Å². The molecule has 0 aliphatic rings. The number of pyridine rings is 1. The molecule has 0 spiro atoms. The average molecular weight is 131 g/mol. The molecule has 2 aromatic heterocycles. The highest BCUT2D eigenvalue weighted by Crippen LogP contribution is 2.04. The molecule has 2 heterocycles. The summed E-state index contributed by atoms with van der Waals surface area (Å²) in [7, 11) is 0. The zero-order valence-electron chi connectivity index (χ0n) is 5.23. The van der Waals surface area contributed by atoms with E-state index in [1.54, 1.807) is 18.6 Å². The van der Waals surface area contributed by atoms with E-state index in [0.717, 1.165) is 10.9 Å². The van der Waals surface area contributed by atoms with Crippen LogP contribution in [0.5, 0.6) is 0 Å². The van der Waals surface area contributed by atoms with Gasteiger partial charge in [0, 0.05) is 11.6 Å². The third kappa shape index (κ3) is 0.719. The van der Waals surface area contributed by atoms with Gasteiger partial charge in [-0.05, 0) is 12.1 Å². The lowest BCUT2D eigenvalue weighted by Crippen LogP contribution is -1.81. The molecule has 0 amide bonds. The Balaban J connectivity index is 2.89. The van der Waals surface area contributed by atoms with Crippen molar-refractivity contribution in [1.29, 1.82) is 0 Å². The topological polar surface area (TPSA) is 38.7 Å². The zero-order chi connectivity index (χ0) is 6.81. The van der Waals surface area contributed by atoms with Crippen molar-refractivity contribution in [1.82, 2.24) is 15.2 Å². The molecule has 0 aromatic carbocycles. The molecular formula is C7H5N3. The maximum Gasteiger partial charge on any atom is 0.0919 e. The van der Waals surface area contributed by atoms with E-state index in [2.05, 4.69) is 15.2 Å². The summed E-state index contributed by atoms with van der Waals surface area (Å²) in [5, 5.41) is 8.45. The fraction of sp³-hybridized carbons (Fsp3) is 0. The van der Waals surface area contributed by atoms with Gasteiger partial charge in [-0.3, -0.25) is 4.98 Å². The molecule has 2 rings (SSSR count). The standard InChI is InChI=1S/C7H5N3/c1-2-6-4-9-10-5-7(6)8-3-1/h1-5H. The fourth-order valence-electron chi connectivity index (χ4n) is 0.831. The molecule has 2 aromatic rings. The molecule has 0 bridgehead atoms. The minimum atomic E-state index is 0.887. The lowest BCUT2D eigenvalue weighted by molar-refractivity contribution is 1.04. The van der Waals surface area contributed by atoms with E-state index >= 15 is 0 Å². The van der Waals surface area contributed by atoms with Crippen LogP contribution in [0.1, 0.15) is 0 Å². The van der Waals surface area contributed by atoms with E-state index in [1.807, 2.05) is 12.1 Å². The van der Waals surface area contributed by atoms with Gasteiger partial charge in [0.1, 0.15) is 0 Å². The second-order valence-corrected chi connectivity index (χ2v) is 1.97. The normalized spacial score (nSPS) is 10.0. The molecule has 0 saturated carbocycles. The largest absolute Gasteiger partial charge is 0.255 e. The van der Waals surface area contributed by atoms with E-state index in [9.17, 15) is 0 Å². The van der Waals surface area contributed by atoms with Gasteiger partial charge in [0.15, 0.2) is 0 Å². The summed E-state index contributed by atoms with van der Waals surface area (Å²) in [4.78, 5) is 4.08. The number of hydrogen-bond acceptors (Lipinski definition) is 3. The molecule has 48 valence electrons. The number of rotatable bonds is 0. The van der Waals surface area contributed by atoms with E-state index in [1.165, 1.54) is 0 Å². The smallest absolute Gasteiger partial charge is 0.0919 e. The Bertz CT molecular complexity index is 280. The van der Waals surface area contributed by atoms with Gasteiger partial charge in [-0.15, -0.1) is 0 Å². The van der Waals surface area contributed by atoms with Crippen LogP contribution in [0.4, 0.5) is 0 Å². The van der Waals surface area contributed by atoms with Gasteiger partial charge < -0.3 is 0 Å². The van der Waals surface area contributed by atoms with Gasteiger partial charge in [-0.1, -0.05) is 0 Å². The molecule has 0 atom stereocenters. The summed E-state index contributed by atoms with van der Waals surface area (Å²) in [6.45, 7) is 0. The number of nitrogens with zero attached hydrogens (tertiary/aromatic N) is 3. The third-order valence-corrected chi connectivity index (χ3v) is 1.31. The van der Waals surface area contributed by atoms with Crippen molar-refractivity contribution in [3.63, 3.8) is 0 Å². The van der Waals surface area contributed by atoms with Gasteiger partial charge in [-0.2, -0.15) is 10.2 Å². The third-order valence-electron chi connectivity index (χ3n) is 1.31. The van der Waals surface area contributed by atoms with Crippen LogP contribution in [0.15, 0.2) is 30.7 Å². The molecule has 0 fully saturated rings. The van der Waals surface area contributed by atoms with E-state index in [0.29, 0.717) is 0 Å². The predicted octanol–water partition coefficient (Wildman–Crippen LogP) is 1.02. The lowest BCUT2D eigenvalue weighted by Gasteiger charge is -1.89. The highest BCUT2D eigenvalue weighted by Gasteiger charge is 1.88. The molecule has 0 saturated heterocycles. The first-order valence-electron chi connectivity index (χ1n) is 2.98. The number of hydrogen-bond donors (Lipinski definition) is 0. The van der Waals surface area contributed by atoms with Crippen molar-refractivity contribution < 1.29 is 0 Å². The van der Waals surface area contributed by atoms with E-state index < -0.39 is 0 Å². The van der Waals surface area contributed by atoms with Crippen molar-refractivity contribution >= 4 is 10.9 Å². The van der Waals surface area contributed by atoms with Gasteiger partial charge >= 0.3 is 0 Å². The highest BCUT2D eigenvalue weighted by molar-refractivity contribution is 5.75. The monoisotopic (exact) mass is 131 g/mol. The Kier molecular flexibility index (Phi) is 1.07. The van der Waals surface area contributed by atoms with Crippen molar-refractivity contribution in [3.8, 4) is 0 Å². The second-order valence-electron chi connectivity index (χ2n) is 1.97. The molecule has 0 aliphatic heterocycles. The van der Waals surface area contributed by atoms with Crippen molar-refractivity contribution in [2.45, 2.75) is 0 Å². The number of fused-ring (bicyclic) bond motifs is 1. The maximum absolute atomic E-state index is 4.08. The Morgan fingerprint density at radius 1 is 1.10 bits per heavy atom. The minimum absolute atomic E-state index is 0.887. The Hall–Kier alpha value is -1.51. The summed E-state index contributed by atoms with van der Waals surface area (Å²) in [5.74, 6) is 0. The van der Waals surface area contributed by atoms with Crippen molar-refractivity contribution in [3.05, 3.63) is 30.7 Å². The van der Waals surface area contributed by atoms with Crippen LogP contribution in [0.2, 0.25) is 0 Å². The summed E-state index contributed by atoms with van der Waals surface area (Å²) < 4.78 is 0. The molecule has 0 unspecified atom stereocenters. The fourth-order valence-corrected chi connectivity index (χ4v) is 0.831. The summed E-state index contributed by atoms with van der Waals surface area (Å²) in [5.41, 5.74) is 0.887. The molecule has 3 heteroatoms. The van der Waals surface area contributed by atoms with E-state index in [4.69, 9.17) is 0 Å². The Morgan fingerprint density at radius 2 is 2.00 bits per heavy atom. The van der Waals surface area contributed by atoms with Crippen LogP contribution in [-0.2, 0) is 0 Å². The van der Waals surface area contributed by atoms with Crippen molar-refractivity contribution in [2.24, 2.45) is 0 Å². The minimum Gasteiger partial charge on any atom is -0.255 e. The Morgan fingerprint density at radius 3 is 2.90 bits per heavy atom. The van der Waals surface area contributed by atoms with Crippen LogP contribution in [0.25, 0.3) is 10.9 Å². The molecular weight excluding hydrogens is 126 g/mol. The first kappa shape index (κ1) is 5.29. The van der Waals surface area contributed by atoms with E-state index in [-0.39, 0.29) is 0 Å². The Labute approximate surface area is 57.7 Å². The van der Waals surface area contributed by atoms with Crippen LogP contribution >= 0.6 is 0 Å². The first-order valence-corrected chi connectivity index (χ1v) is 2.98. The SMILES string of the molecule is c1cnc2cnncc2c1. The number of aromatic nitrogens is 3. The van der Waals surface area contributed by atoms with Crippen LogP contribution < -0.4 is 0 Å². The average Bonchev–Trinajstić information content (AvgIpc) is 2.05. The molecule has 0 aliphatic carbocycles. The summed E-state index contributed by atoms with van der Waals surface area (Å²) >= 11 is 0. The zero-order valence-corrected chi connectivity index (χ0v) is 5.23. The first-order chi connectivity index (χ1) is 4.97. The van der Waals surface area contributed by atoms with Crippen LogP contribution in [0, 0.1) is 0 Å². The molecule has 0 radical (unpaired) electrons.